The van der Waals surface area contributed by atoms with Gasteiger partial charge >= 0.3 is 0 Å². The summed E-state index contributed by atoms with van der Waals surface area (Å²) in [5, 5.41) is 3.02. The molecule has 0 bridgehead atoms. The van der Waals surface area contributed by atoms with Gasteiger partial charge < -0.3 is 10.1 Å². The van der Waals surface area contributed by atoms with E-state index in [0.717, 1.165) is 58.7 Å². The van der Waals surface area contributed by atoms with Crippen LogP contribution in [0.15, 0.2) is 12.2 Å². The van der Waals surface area contributed by atoms with E-state index in [-0.39, 0.29) is 5.91 Å². The van der Waals surface area contributed by atoms with Crippen LogP contribution in [0.1, 0.15) is 25.7 Å². The van der Waals surface area contributed by atoms with Gasteiger partial charge in [-0.05, 0) is 31.7 Å². The van der Waals surface area contributed by atoms with Crippen molar-refractivity contribution in [3.8, 4) is 0 Å². The van der Waals surface area contributed by atoms with Crippen molar-refractivity contribution < 1.29 is 9.53 Å². The Labute approximate surface area is 109 Å². The van der Waals surface area contributed by atoms with Crippen LogP contribution in [0.4, 0.5) is 0 Å². The molecule has 102 valence electrons. The molecule has 0 saturated carbocycles. The van der Waals surface area contributed by atoms with Gasteiger partial charge in [0.25, 0.3) is 0 Å². The predicted octanol–water partition coefficient (Wildman–Crippen LogP) is 1.18. The van der Waals surface area contributed by atoms with E-state index in [1.165, 1.54) is 0 Å². The van der Waals surface area contributed by atoms with Crippen LogP contribution >= 0.6 is 0 Å². The maximum absolute atomic E-state index is 11.7. The van der Waals surface area contributed by atoms with Crippen LogP contribution in [0.3, 0.4) is 0 Å². The van der Waals surface area contributed by atoms with Crippen molar-refractivity contribution in [2.45, 2.75) is 25.7 Å². The molecule has 1 amide bonds. The Hall–Kier alpha value is -0.870. The SMILES string of the molecule is O=C(CC1C=CCC1)NCCCN1CCOCC1. The molecule has 0 radical (unpaired) electrons. The number of carbonyl (C=O) groups excluding carboxylic acids is 1. The molecule has 0 aromatic heterocycles. The Morgan fingerprint density at radius 2 is 2.22 bits per heavy atom. The third-order valence-corrected chi connectivity index (χ3v) is 3.64. The average Bonchev–Trinajstić information content (AvgIpc) is 2.89. The topological polar surface area (TPSA) is 41.6 Å². The second-order valence-electron chi connectivity index (χ2n) is 5.13. The molecule has 1 unspecified atom stereocenters. The van der Waals surface area contributed by atoms with Gasteiger partial charge in [-0.15, -0.1) is 0 Å². The van der Waals surface area contributed by atoms with Gasteiger partial charge in [0.05, 0.1) is 13.2 Å². The van der Waals surface area contributed by atoms with Crippen LogP contribution in [-0.2, 0) is 9.53 Å². The van der Waals surface area contributed by atoms with E-state index in [9.17, 15) is 4.79 Å². The number of amides is 1. The molecule has 1 fully saturated rings. The second kappa shape index (κ2) is 7.54. The summed E-state index contributed by atoms with van der Waals surface area (Å²) in [4.78, 5) is 14.1. The largest absolute Gasteiger partial charge is 0.379 e. The normalized spacial score (nSPS) is 24.3. The summed E-state index contributed by atoms with van der Waals surface area (Å²) in [6, 6.07) is 0. The van der Waals surface area contributed by atoms with Crippen molar-refractivity contribution in [3.05, 3.63) is 12.2 Å². The highest BCUT2D eigenvalue weighted by Crippen LogP contribution is 2.19. The van der Waals surface area contributed by atoms with Gasteiger partial charge in [0.1, 0.15) is 0 Å². The zero-order chi connectivity index (χ0) is 12.6. The van der Waals surface area contributed by atoms with Crippen molar-refractivity contribution in [3.63, 3.8) is 0 Å². The first-order valence-electron chi connectivity index (χ1n) is 7.08. The van der Waals surface area contributed by atoms with Crippen molar-refractivity contribution in [1.82, 2.24) is 10.2 Å². The highest BCUT2D eigenvalue weighted by molar-refractivity contribution is 5.76. The summed E-state index contributed by atoms with van der Waals surface area (Å²) in [6.45, 7) is 5.61. The smallest absolute Gasteiger partial charge is 0.220 e. The van der Waals surface area contributed by atoms with E-state index in [4.69, 9.17) is 4.74 Å². The summed E-state index contributed by atoms with van der Waals surface area (Å²) < 4.78 is 5.30. The number of ether oxygens (including phenoxy) is 1. The van der Waals surface area contributed by atoms with Crippen LogP contribution in [0, 0.1) is 5.92 Å². The minimum Gasteiger partial charge on any atom is -0.379 e. The van der Waals surface area contributed by atoms with E-state index in [1.54, 1.807) is 0 Å². The van der Waals surface area contributed by atoms with Gasteiger partial charge in [-0.1, -0.05) is 12.2 Å². The van der Waals surface area contributed by atoms with Gasteiger partial charge in [-0.3, -0.25) is 9.69 Å². The van der Waals surface area contributed by atoms with Crippen molar-refractivity contribution >= 4 is 5.91 Å². The fraction of sp³-hybridized carbons (Fsp3) is 0.786. The molecule has 4 nitrogen and oxygen atoms in total. The van der Waals surface area contributed by atoms with Gasteiger partial charge in [-0.25, -0.2) is 0 Å². The Bertz CT molecular complexity index is 286. The van der Waals surface area contributed by atoms with Gasteiger partial charge in [0, 0.05) is 26.1 Å². The third kappa shape index (κ3) is 4.78. The number of allylic oxidation sites excluding steroid dienone is 2. The van der Waals surface area contributed by atoms with Crippen LogP contribution in [0.2, 0.25) is 0 Å². The standard InChI is InChI=1S/C14H24N2O2/c17-14(12-13-4-1-2-5-13)15-6-3-7-16-8-10-18-11-9-16/h1,4,13H,2-3,5-12H2,(H,15,17). The molecule has 1 saturated heterocycles. The van der Waals surface area contributed by atoms with Crippen molar-refractivity contribution in [1.29, 1.82) is 0 Å². The Morgan fingerprint density at radius 3 is 2.94 bits per heavy atom. The summed E-state index contributed by atoms with van der Waals surface area (Å²) in [6.07, 6.45) is 8.32. The molecule has 1 aliphatic carbocycles. The average molecular weight is 252 g/mol. The lowest BCUT2D eigenvalue weighted by Gasteiger charge is -2.26. The number of carbonyl (C=O) groups is 1. The maximum Gasteiger partial charge on any atom is 0.220 e. The minimum atomic E-state index is 0.202. The molecule has 0 aromatic rings. The molecular formula is C14H24N2O2. The predicted molar refractivity (Wildman–Crippen MR) is 71.4 cm³/mol. The van der Waals surface area contributed by atoms with Crippen molar-refractivity contribution in [2.75, 3.05) is 39.4 Å². The quantitative estimate of drug-likeness (QED) is 0.570. The minimum absolute atomic E-state index is 0.202. The van der Waals surface area contributed by atoms with Gasteiger partial charge in [-0.2, -0.15) is 0 Å². The first-order valence-corrected chi connectivity index (χ1v) is 7.08. The molecule has 0 aromatic carbocycles. The summed E-state index contributed by atoms with van der Waals surface area (Å²) in [5.41, 5.74) is 0. The van der Waals surface area contributed by atoms with E-state index in [1.807, 2.05) is 0 Å². The number of nitrogens with zero attached hydrogens (tertiary/aromatic N) is 1. The molecule has 2 rings (SSSR count). The summed E-state index contributed by atoms with van der Waals surface area (Å²) in [7, 11) is 0. The van der Waals surface area contributed by atoms with E-state index in [0.29, 0.717) is 12.3 Å². The monoisotopic (exact) mass is 252 g/mol. The lowest BCUT2D eigenvalue weighted by atomic mass is 10.1. The molecule has 1 atom stereocenters. The highest BCUT2D eigenvalue weighted by atomic mass is 16.5. The molecule has 18 heavy (non-hydrogen) atoms. The molecule has 1 heterocycles. The lowest BCUT2D eigenvalue weighted by Crippen LogP contribution is -2.38. The fourth-order valence-corrected chi connectivity index (χ4v) is 2.53. The molecule has 2 aliphatic rings. The van der Waals surface area contributed by atoms with Gasteiger partial charge in [0.2, 0.25) is 5.91 Å². The van der Waals surface area contributed by atoms with Gasteiger partial charge in [0.15, 0.2) is 0 Å². The molecule has 1 N–H and O–H groups in total. The zero-order valence-corrected chi connectivity index (χ0v) is 11.1. The first-order chi connectivity index (χ1) is 8.84. The highest BCUT2D eigenvalue weighted by Gasteiger charge is 2.14. The molecular weight excluding hydrogens is 228 g/mol. The van der Waals surface area contributed by atoms with Crippen LogP contribution < -0.4 is 5.32 Å². The third-order valence-electron chi connectivity index (χ3n) is 3.64. The van der Waals surface area contributed by atoms with Crippen LogP contribution in [0.25, 0.3) is 0 Å². The summed E-state index contributed by atoms with van der Waals surface area (Å²) >= 11 is 0. The maximum atomic E-state index is 11.7. The first kappa shape index (κ1) is 13.6. The van der Waals surface area contributed by atoms with E-state index in [2.05, 4.69) is 22.4 Å². The Morgan fingerprint density at radius 1 is 1.39 bits per heavy atom. The molecule has 1 aliphatic heterocycles. The number of nitrogens with one attached hydrogen (secondary N) is 1. The second-order valence-corrected chi connectivity index (χ2v) is 5.13. The number of rotatable bonds is 6. The fourth-order valence-electron chi connectivity index (χ4n) is 2.53. The Balaban J connectivity index is 1.49. The van der Waals surface area contributed by atoms with E-state index < -0.39 is 0 Å². The molecule has 0 spiro atoms. The zero-order valence-electron chi connectivity index (χ0n) is 11.1. The number of hydrogen-bond donors (Lipinski definition) is 1. The molecule has 4 heteroatoms. The number of hydrogen-bond acceptors (Lipinski definition) is 3. The van der Waals surface area contributed by atoms with E-state index >= 15 is 0 Å². The van der Waals surface area contributed by atoms with Crippen molar-refractivity contribution in [2.24, 2.45) is 5.92 Å². The summed E-state index contributed by atoms with van der Waals surface area (Å²) in [5.74, 6) is 0.678. The Kier molecular flexibility index (Phi) is 5.68. The number of morpholine rings is 1. The van der Waals surface area contributed by atoms with Crippen LogP contribution in [0.5, 0.6) is 0 Å². The lowest BCUT2D eigenvalue weighted by molar-refractivity contribution is -0.121. The van der Waals surface area contributed by atoms with Crippen LogP contribution in [-0.4, -0.2) is 50.2 Å².